The summed E-state index contributed by atoms with van der Waals surface area (Å²) < 4.78 is 11.7. The lowest BCUT2D eigenvalue weighted by atomic mass is 10.1. The average Bonchev–Trinajstić information content (AvgIpc) is 3.64. The first-order valence-electron chi connectivity index (χ1n) is 12.0. The molecule has 2 aliphatic rings. The number of amides is 1. The molecule has 1 saturated heterocycles. The molecule has 1 atom stereocenters. The quantitative estimate of drug-likeness (QED) is 0.426. The molecule has 35 heavy (non-hydrogen) atoms. The standard InChI is InChI=1S/C27H27N5O3/c33-27(19-31-13-11-30(12-14-31)18-21-7-3-4-10-28-21)32-23(25-9-5-15-34-25)17-22(29-32)26-16-20-6-1-2-8-24(20)35-26/h1-10,15-16,23H,11-14,17-19H2. The zero-order valence-corrected chi connectivity index (χ0v) is 19.4. The average molecular weight is 470 g/mol. The third-order valence-corrected chi connectivity index (χ3v) is 6.68. The maximum absolute atomic E-state index is 13.4. The number of fused-ring (bicyclic) bond motifs is 1. The van der Waals surface area contributed by atoms with E-state index in [2.05, 4.69) is 20.9 Å². The molecule has 0 aliphatic carbocycles. The van der Waals surface area contributed by atoms with Gasteiger partial charge in [0, 0.05) is 50.7 Å². The summed E-state index contributed by atoms with van der Waals surface area (Å²) in [7, 11) is 0. The van der Waals surface area contributed by atoms with Gasteiger partial charge in [-0.3, -0.25) is 19.6 Å². The van der Waals surface area contributed by atoms with Crippen molar-refractivity contribution < 1.29 is 13.6 Å². The molecule has 6 rings (SSSR count). The van der Waals surface area contributed by atoms with Crippen LogP contribution in [0.25, 0.3) is 11.0 Å². The molecule has 3 aromatic heterocycles. The van der Waals surface area contributed by atoms with Crippen LogP contribution in [0.1, 0.15) is 29.7 Å². The number of carbonyl (C=O) groups excluding carboxylic acids is 1. The summed E-state index contributed by atoms with van der Waals surface area (Å²) in [5.74, 6) is 1.39. The van der Waals surface area contributed by atoms with Gasteiger partial charge >= 0.3 is 0 Å². The SMILES string of the molecule is O=C(CN1CCN(Cc2ccccn2)CC1)N1N=C(c2cc3ccccc3o2)CC1c1ccco1. The normalized spacial score (nSPS) is 19.4. The maximum atomic E-state index is 13.4. The summed E-state index contributed by atoms with van der Waals surface area (Å²) in [5.41, 5.74) is 2.65. The van der Waals surface area contributed by atoms with E-state index in [9.17, 15) is 4.79 Å². The highest BCUT2D eigenvalue weighted by molar-refractivity contribution is 6.03. The molecule has 0 N–H and O–H groups in total. The molecule has 0 saturated carbocycles. The molecule has 8 heteroatoms. The monoisotopic (exact) mass is 469 g/mol. The van der Waals surface area contributed by atoms with Crippen LogP contribution >= 0.6 is 0 Å². The smallest absolute Gasteiger partial charge is 0.257 e. The van der Waals surface area contributed by atoms with E-state index in [-0.39, 0.29) is 11.9 Å². The van der Waals surface area contributed by atoms with E-state index in [1.807, 2.05) is 60.8 Å². The molecule has 8 nitrogen and oxygen atoms in total. The second-order valence-electron chi connectivity index (χ2n) is 9.04. The molecule has 1 fully saturated rings. The van der Waals surface area contributed by atoms with Crippen LogP contribution in [0.4, 0.5) is 0 Å². The van der Waals surface area contributed by atoms with Crippen molar-refractivity contribution in [2.24, 2.45) is 5.10 Å². The Kier molecular flexibility index (Phi) is 5.89. The van der Waals surface area contributed by atoms with E-state index in [1.165, 1.54) is 0 Å². The van der Waals surface area contributed by atoms with Crippen LogP contribution in [-0.2, 0) is 11.3 Å². The Balaban J connectivity index is 1.14. The number of pyridine rings is 1. The second-order valence-corrected chi connectivity index (χ2v) is 9.04. The molecule has 0 spiro atoms. The van der Waals surface area contributed by atoms with Crippen molar-refractivity contribution in [2.75, 3.05) is 32.7 Å². The maximum Gasteiger partial charge on any atom is 0.257 e. The number of hydrogen-bond acceptors (Lipinski definition) is 7. The van der Waals surface area contributed by atoms with Crippen LogP contribution in [0.3, 0.4) is 0 Å². The molecule has 4 aromatic rings. The Labute approximate surface area is 203 Å². The molecule has 178 valence electrons. The van der Waals surface area contributed by atoms with Crippen LogP contribution in [-0.4, -0.2) is 64.1 Å². The molecule has 0 radical (unpaired) electrons. The van der Waals surface area contributed by atoms with Crippen molar-refractivity contribution >= 4 is 22.6 Å². The highest BCUT2D eigenvalue weighted by atomic mass is 16.3. The fourth-order valence-corrected chi connectivity index (χ4v) is 4.81. The Bertz CT molecular complexity index is 1290. The number of benzene rings is 1. The first-order chi connectivity index (χ1) is 17.2. The molecule has 5 heterocycles. The minimum atomic E-state index is -0.272. The van der Waals surface area contributed by atoms with Crippen LogP contribution in [0, 0.1) is 0 Å². The van der Waals surface area contributed by atoms with Crippen molar-refractivity contribution in [1.82, 2.24) is 19.8 Å². The van der Waals surface area contributed by atoms with Crippen LogP contribution in [0.2, 0.25) is 0 Å². The minimum Gasteiger partial charge on any atom is -0.467 e. The minimum absolute atomic E-state index is 0.0318. The third kappa shape index (κ3) is 4.62. The highest BCUT2D eigenvalue weighted by Gasteiger charge is 2.36. The summed E-state index contributed by atoms with van der Waals surface area (Å²) in [6.07, 6.45) is 4.02. The third-order valence-electron chi connectivity index (χ3n) is 6.68. The zero-order valence-electron chi connectivity index (χ0n) is 19.4. The molecular formula is C27H27N5O3. The van der Waals surface area contributed by atoms with Gasteiger partial charge in [-0.1, -0.05) is 24.3 Å². The van der Waals surface area contributed by atoms with Crippen LogP contribution in [0.15, 0.2) is 87.1 Å². The Morgan fingerprint density at radius 3 is 2.57 bits per heavy atom. The summed E-state index contributed by atoms with van der Waals surface area (Å²) in [4.78, 5) is 22.4. The summed E-state index contributed by atoms with van der Waals surface area (Å²) >= 11 is 0. The number of hydrogen-bond donors (Lipinski definition) is 0. The van der Waals surface area contributed by atoms with Gasteiger partial charge in [-0.05, 0) is 36.4 Å². The van der Waals surface area contributed by atoms with Gasteiger partial charge in [0.1, 0.15) is 23.1 Å². The van der Waals surface area contributed by atoms with Crippen molar-refractivity contribution in [3.05, 3.63) is 90.3 Å². The zero-order chi connectivity index (χ0) is 23.6. The van der Waals surface area contributed by atoms with Crippen molar-refractivity contribution in [3.63, 3.8) is 0 Å². The van der Waals surface area contributed by atoms with Crippen molar-refractivity contribution in [2.45, 2.75) is 19.0 Å². The number of carbonyl (C=O) groups is 1. The highest BCUT2D eigenvalue weighted by Crippen LogP contribution is 2.34. The van der Waals surface area contributed by atoms with Crippen molar-refractivity contribution in [1.29, 1.82) is 0 Å². The van der Waals surface area contributed by atoms with E-state index >= 15 is 0 Å². The Morgan fingerprint density at radius 2 is 1.80 bits per heavy atom. The molecular weight excluding hydrogens is 442 g/mol. The topological polar surface area (TPSA) is 78.3 Å². The van der Waals surface area contributed by atoms with Gasteiger partial charge < -0.3 is 8.83 Å². The van der Waals surface area contributed by atoms with E-state index in [1.54, 1.807) is 11.3 Å². The summed E-state index contributed by atoms with van der Waals surface area (Å²) in [6, 6.07) is 19.3. The number of piperazine rings is 1. The fourth-order valence-electron chi connectivity index (χ4n) is 4.81. The van der Waals surface area contributed by atoms with Gasteiger partial charge in [0.25, 0.3) is 5.91 Å². The largest absolute Gasteiger partial charge is 0.467 e. The summed E-state index contributed by atoms with van der Waals surface area (Å²) in [6.45, 7) is 4.62. The van der Waals surface area contributed by atoms with Gasteiger partial charge in [0.2, 0.25) is 0 Å². The lowest BCUT2D eigenvalue weighted by Gasteiger charge is -2.34. The van der Waals surface area contributed by atoms with Crippen LogP contribution < -0.4 is 0 Å². The summed E-state index contributed by atoms with van der Waals surface area (Å²) in [5, 5.41) is 7.33. The van der Waals surface area contributed by atoms with E-state index in [0.717, 1.165) is 60.9 Å². The number of rotatable bonds is 6. The number of aromatic nitrogens is 1. The van der Waals surface area contributed by atoms with E-state index in [0.29, 0.717) is 18.7 Å². The number of furan rings is 2. The lowest BCUT2D eigenvalue weighted by molar-refractivity contribution is -0.135. The molecule has 1 aromatic carbocycles. The van der Waals surface area contributed by atoms with Crippen LogP contribution in [0.5, 0.6) is 0 Å². The number of nitrogens with zero attached hydrogens (tertiary/aromatic N) is 5. The lowest BCUT2D eigenvalue weighted by Crippen LogP contribution is -2.49. The molecule has 2 aliphatic heterocycles. The van der Waals surface area contributed by atoms with Gasteiger partial charge in [0.15, 0.2) is 5.76 Å². The first kappa shape index (κ1) is 21.8. The predicted molar refractivity (Wildman–Crippen MR) is 132 cm³/mol. The second kappa shape index (κ2) is 9.48. The fraction of sp³-hybridized carbons (Fsp3) is 0.296. The van der Waals surface area contributed by atoms with Gasteiger partial charge in [-0.15, -0.1) is 0 Å². The van der Waals surface area contributed by atoms with Gasteiger partial charge in [-0.2, -0.15) is 5.10 Å². The Morgan fingerprint density at radius 1 is 0.971 bits per heavy atom. The molecule has 0 bridgehead atoms. The van der Waals surface area contributed by atoms with E-state index in [4.69, 9.17) is 13.9 Å². The van der Waals surface area contributed by atoms with Gasteiger partial charge in [0.05, 0.1) is 18.5 Å². The molecule has 1 amide bonds. The number of para-hydroxylation sites is 1. The van der Waals surface area contributed by atoms with E-state index < -0.39 is 0 Å². The van der Waals surface area contributed by atoms with Crippen molar-refractivity contribution in [3.8, 4) is 0 Å². The number of hydrazone groups is 1. The first-order valence-corrected chi connectivity index (χ1v) is 12.0. The van der Waals surface area contributed by atoms with Gasteiger partial charge in [-0.25, -0.2) is 5.01 Å². The Hall–Kier alpha value is -3.75. The molecule has 1 unspecified atom stereocenters. The predicted octanol–water partition coefficient (Wildman–Crippen LogP) is 3.92.